The Hall–Kier alpha value is -2.15. The molecule has 4 rings (SSSR count). The van der Waals surface area contributed by atoms with Gasteiger partial charge in [0.25, 0.3) is 5.91 Å². The second kappa shape index (κ2) is 6.16. The van der Waals surface area contributed by atoms with Gasteiger partial charge in [0, 0.05) is 18.3 Å². The summed E-state index contributed by atoms with van der Waals surface area (Å²) in [6, 6.07) is 6.04. The summed E-state index contributed by atoms with van der Waals surface area (Å²) in [5.74, 6) is 1.51. The summed E-state index contributed by atoms with van der Waals surface area (Å²) in [5.41, 5.74) is 1.51. The quantitative estimate of drug-likeness (QED) is 0.846. The van der Waals surface area contributed by atoms with E-state index >= 15 is 0 Å². The first-order chi connectivity index (χ1) is 11.3. The van der Waals surface area contributed by atoms with E-state index in [1.54, 1.807) is 5.38 Å². The summed E-state index contributed by atoms with van der Waals surface area (Å²) >= 11 is 1.20. The highest BCUT2D eigenvalue weighted by atomic mass is 32.1. The normalized spacial score (nSPS) is 20.3. The minimum atomic E-state index is -0.0478. The van der Waals surface area contributed by atoms with E-state index in [0.717, 1.165) is 42.9 Å². The van der Waals surface area contributed by atoms with Crippen LogP contribution in [0.5, 0.6) is 11.5 Å². The van der Waals surface area contributed by atoms with Crippen LogP contribution in [0.25, 0.3) is 0 Å². The number of likely N-dealkylation sites (tertiary alicyclic amines) is 1. The van der Waals surface area contributed by atoms with Gasteiger partial charge in [0.05, 0.1) is 19.3 Å². The molecule has 1 saturated heterocycles. The minimum absolute atomic E-state index is 0.0478. The summed E-state index contributed by atoms with van der Waals surface area (Å²) in [6.07, 6.45) is 2.82. The number of aromatic nitrogens is 2. The number of carbonyl (C=O) groups is 1. The number of hydrogen-bond donors (Lipinski definition) is 0. The van der Waals surface area contributed by atoms with Crippen LogP contribution in [0.1, 0.15) is 41.4 Å². The largest absolute Gasteiger partial charge is 0.490 e. The van der Waals surface area contributed by atoms with E-state index in [4.69, 9.17) is 9.47 Å². The Labute approximate surface area is 138 Å². The maximum absolute atomic E-state index is 12.6. The van der Waals surface area contributed by atoms with Crippen LogP contribution in [0.4, 0.5) is 0 Å². The fraction of sp³-hybridized carbons (Fsp3) is 0.438. The van der Waals surface area contributed by atoms with Crippen LogP contribution in [0.2, 0.25) is 0 Å². The van der Waals surface area contributed by atoms with Crippen molar-refractivity contribution in [2.75, 3.05) is 19.8 Å². The van der Waals surface area contributed by atoms with Crippen molar-refractivity contribution in [1.29, 1.82) is 0 Å². The monoisotopic (exact) mass is 331 g/mol. The van der Waals surface area contributed by atoms with E-state index in [1.807, 2.05) is 23.1 Å². The van der Waals surface area contributed by atoms with Gasteiger partial charge in [0.15, 0.2) is 17.2 Å². The van der Waals surface area contributed by atoms with Crippen molar-refractivity contribution < 1.29 is 14.3 Å². The zero-order valence-electron chi connectivity index (χ0n) is 12.6. The molecule has 0 bridgehead atoms. The molecule has 1 aromatic heterocycles. The SMILES string of the molecule is O=C(c1csnn1)N1CCC[C@H]1c1ccc2c(c1)OCCCO2. The molecule has 0 radical (unpaired) electrons. The highest BCUT2D eigenvalue weighted by molar-refractivity contribution is 7.03. The number of carbonyl (C=O) groups excluding carboxylic acids is 1. The van der Waals surface area contributed by atoms with Crippen LogP contribution in [0, 0.1) is 0 Å². The van der Waals surface area contributed by atoms with Crippen molar-refractivity contribution in [1.82, 2.24) is 14.5 Å². The number of ether oxygens (including phenoxy) is 2. The molecule has 0 N–H and O–H groups in total. The molecule has 0 aliphatic carbocycles. The Bertz CT molecular complexity index is 705. The van der Waals surface area contributed by atoms with E-state index in [2.05, 4.69) is 9.59 Å². The molecule has 120 valence electrons. The number of benzene rings is 1. The molecule has 6 nitrogen and oxygen atoms in total. The van der Waals surface area contributed by atoms with Crippen LogP contribution >= 0.6 is 11.5 Å². The first-order valence-corrected chi connectivity index (χ1v) is 8.64. The van der Waals surface area contributed by atoms with Gasteiger partial charge in [-0.25, -0.2) is 0 Å². The maximum atomic E-state index is 12.6. The molecule has 0 saturated carbocycles. The van der Waals surface area contributed by atoms with Gasteiger partial charge in [-0.1, -0.05) is 10.6 Å². The zero-order valence-corrected chi connectivity index (χ0v) is 13.4. The molecule has 1 aromatic carbocycles. The lowest BCUT2D eigenvalue weighted by atomic mass is 10.0. The molecule has 23 heavy (non-hydrogen) atoms. The van der Waals surface area contributed by atoms with Gasteiger partial charge in [0.2, 0.25) is 0 Å². The van der Waals surface area contributed by atoms with Gasteiger partial charge in [-0.2, -0.15) is 0 Å². The van der Waals surface area contributed by atoms with Crippen molar-refractivity contribution in [2.45, 2.75) is 25.3 Å². The number of rotatable bonds is 2. The summed E-state index contributed by atoms with van der Waals surface area (Å²) in [5, 5.41) is 5.60. The number of nitrogens with zero attached hydrogens (tertiary/aromatic N) is 3. The first-order valence-electron chi connectivity index (χ1n) is 7.80. The maximum Gasteiger partial charge on any atom is 0.275 e. The second-order valence-electron chi connectivity index (χ2n) is 5.70. The fourth-order valence-corrected chi connectivity index (χ4v) is 3.58. The third-order valence-corrected chi connectivity index (χ3v) is 4.75. The molecule has 2 aliphatic heterocycles. The third kappa shape index (κ3) is 2.76. The van der Waals surface area contributed by atoms with E-state index < -0.39 is 0 Å². The molecule has 0 unspecified atom stereocenters. The number of fused-ring (bicyclic) bond motifs is 1. The molecular formula is C16H17N3O3S. The molecule has 7 heteroatoms. The molecule has 1 fully saturated rings. The van der Waals surface area contributed by atoms with E-state index in [0.29, 0.717) is 18.9 Å². The molecule has 2 aromatic rings. The van der Waals surface area contributed by atoms with Crippen molar-refractivity contribution in [3.63, 3.8) is 0 Å². The highest BCUT2D eigenvalue weighted by Gasteiger charge is 2.32. The second-order valence-corrected chi connectivity index (χ2v) is 6.31. The van der Waals surface area contributed by atoms with Gasteiger partial charge < -0.3 is 14.4 Å². The predicted octanol–water partition coefficient (Wildman–Crippen LogP) is 2.68. The standard InChI is InChI=1S/C16H17N3O3S/c20-16(12-10-23-18-17-12)19-6-1-3-13(19)11-4-5-14-15(9-11)22-8-2-7-21-14/h4-5,9-10,13H,1-3,6-8H2/t13-/m0/s1. The minimum Gasteiger partial charge on any atom is -0.490 e. The Kier molecular flexibility index (Phi) is 3.87. The van der Waals surface area contributed by atoms with Crippen LogP contribution in [-0.2, 0) is 0 Å². The average molecular weight is 331 g/mol. The predicted molar refractivity (Wildman–Crippen MR) is 85.0 cm³/mol. The summed E-state index contributed by atoms with van der Waals surface area (Å²) in [6.45, 7) is 2.08. The Morgan fingerprint density at radius 2 is 2.09 bits per heavy atom. The smallest absolute Gasteiger partial charge is 0.275 e. The number of amides is 1. The van der Waals surface area contributed by atoms with Gasteiger partial charge >= 0.3 is 0 Å². The van der Waals surface area contributed by atoms with Gasteiger partial charge in [-0.15, -0.1) is 5.10 Å². The van der Waals surface area contributed by atoms with Gasteiger partial charge in [0.1, 0.15) is 0 Å². The van der Waals surface area contributed by atoms with Crippen molar-refractivity contribution in [2.24, 2.45) is 0 Å². The molecule has 3 heterocycles. The number of hydrogen-bond acceptors (Lipinski definition) is 6. The molecular weight excluding hydrogens is 314 g/mol. The lowest BCUT2D eigenvalue weighted by Gasteiger charge is -2.24. The van der Waals surface area contributed by atoms with Gasteiger partial charge in [-0.3, -0.25) is 4.79 Å². The van der Waals surface area contributed by atoms with Crippen molar-refractivity contribution in [3.8, 4) is 11.5 Å². The van der Waals surface area contributed by atoms with Gasteiger partial charge in [-0.05, 0) is 42.1 Å². The van der Waals surface area contributed by atoms with Crippen LogP contribution < -0.4 is 9.47 Å². The van der Waals surface area contributed by atoms with Crippen molar-refractivity contribution >= 4 is 17.4 Å². The Balaban J connectivity index is 1.61. The van der Waals surface area contributed by atoms with Crippen molar-refractivity contribution in [3.05, 3.63) is 34.8 Å². The van der Waals surface area contributed by atoms with E-state index in [9.17, 15) is 4.79 Å². The van der Waals surface area contributed by atoms with Crippen LogP contribution in [0.3, 0.4) is 0 Å². The molecule has 1 amide bonds. The lowest BCUT2D eigenvalue weighted by molar-refractivity contribution is 0.0729. The Morgan fingerprint density at radius 1 is 1.22 bits per heavy atom. The van der Waals surface area contributed by atoms with E-state index in [-0.39, 0.29) is 11.9 Å². The summed E-state index contributed by atoms with van der Waals surface area (Å²) < 4.78 is 15.2. The topological polar surface area (TPSA) is 64.6 Å². The van der Waals surface area contributed by atoms with Crippen LogP contribution in [0.15, 0.2) is 23.6 Å². The zero-order chi connectivity index (χ0) is 15.6. The molecule has 1 atom stereocenters. The highest BCUT2D eigenvalue weighted by Crippen LogP contribution is 2.38. The molecule has 2 aliphatic rings. The Morgan fingerprint density at radius 3 is 2.91 bits per heavy atom. The molecule has 0 spiro atoms. The third-order valence-electron chi connectivity index (χ3n) is 4.25. The fourth-order valence-electron chi connectivity index (χ4n) is 3.15. The first kappa shape index (κ1) is 14.4. The summed E-state index contributed by atoms with van der Waals surface area (Å²) in [7, 11) is 0. The lowest BCUT2D eigenvalue weighted by Crippen LogP contribution is -2.30. The summed E-state index contributed by atoms with van der Waals surface area (Å²) in [4.78, 5) is 14.5. The van der Waals surface area contributed by atoms with Crippen LogP contribution in [-0.4, -0.2) is 40.2 Å². The van der Waals surface area contributed by atoms with E-state index in [1.165, 1.54) is 11.5 Å². The average Bonchev–Trinajstić information content (AvgIpc) is 3.22.